The summed E-state index contributed by atoms with van der Waals surface area (Å²) in [6, 6.07) is -0.164. The quantitative estimate of drug-likeness (QED) is 0.481. The number of carboxylic acid groups (broad SMARTS) is 1. The third kappa shape index (κ3) is 11.1. The molecule has 0 aliphatic heterocycles. The molecule has 1 saturated carbocycles. The third-order valence-corrected chi connectivity index (χ3v) is 3.58. The smallest absolute Gasteiger partial charge is 0.314 e. The van der Waals surface area contributed by atoms with Crippen LogP contribution in [0.1, 0.15) is 45.4 Å². The molecule has 3 N–H and O–H groups in total. The molecule has 0 saturated heterocycles. The van der Waals surface area contributed by atoms with E-state index in [1.165, 1.54) is 12.8 Å². The summed E-state index contributed by atoms with van der Waals surface area (Å²) >= 11 is 0. The van der Waals surface area contributed by atoms with Gasteiger partial charge in [0.15, 0.2) is 0 Å². The van der Waals surface area contributed by atoms with Crippen molar-refractivity contribution in [3.63, 3.8) is 0 Å². The summed E-state index contributed by atoms with van der Waals surface area (Å²) < 4.78 is 5.48. The summed E-state index contributed by atoms with van der Waals surface area (Å²) in [4.78, 5) is 21.9. The highest BCUT2D eigenvalue weighted by atomic mass is 16.5. The van der Waals surface area contributed by atoms with Gasteiger partial charge in [0, 0.05) is 32.7 Å². The van der Waals surface area contributed by atoms with Crippen LogP contribution >= 0.6 is 0 Å². The summed E-state index contributed by atoms with van der Waals surface area (Å²) in [5.74, 6) is 0.318. The average molecular weight is 300 g/mol. The number of carbonyl (C=O) groups excluding carboxylic acids is 1. The zero-order valence-corrected chi connectivity index (χ0v) is 12.9. The highest BCUT2D eigenvalue weighted by Gasteiger charge is 2.20. The molecule has 1 unspecified atom stereocenters. The van der Waals surface area contributed by atoms with E-state index < -0.39 is 5.97 Å². The van der Waals surface area contributed by atoms with E-state index in [2.05, 4.69) is 10.6 Å². The van der Waals surface area contributed by atoms with Crippen molar-refractivity contribution in [3.05, 3.63) is 0 Å². The van der Waals surface area contributed by atoms with E-state index >= 15 is 0 Å². The van der Waals surface area contributed by atoms with Crippen LogP contribution in [0.3, 0.4) is 0 Å². The van der Waals surface area contributed by atoms with Crippen LogP contribution in [0.4, 0.5) is 4.79 Å². The molecule has 2 amide bonds. The van der Waals surface area contributed by atoms with E-state index in [0.29, 0.717) is 32.0 Å². The van der Waals surface area contributed by atoms with Crippen LogP contribution in [0.2, 0.25) is 0 Å². The van der Waals surface area contributed by atoms with Gasteiger partial charge in [-0.3, -0.25) is 4.79 Å². The van der Waals surface area contributed by atoms with Gasteiger partial charge >= 0.3 is 12.0 Å². The van der Waals surface area contributed by atoms with E-state index in [4.69, 9.17) is 9.84 Å². The van der Waals surface area contributed by atoms with Crippen molar-refractivity contribution < 1.29 is 19.4 Å². The van der Waals surface area contributed by atoms with Crippen LogP contribution in [0, 0.1) is 11.8 Å². The number of carbonyl (C=O) groups is 2. The van der Waals surface area contributed by atoms with Crippen LogP contribution in [-0.2, 0) is 9.53 Å². The van der Waals surface area contributed by atoms with Crippen LogP contribution in [0.15, 0.2) is 0 Å². The third-order valence-electron chi connectivity index (χ3n) is 3.58. The summed E-state index contributed by atoms with van der Waals surface area (Å²) in [6.07, 6.45) is 5.06. The topological polar surface area (TPSA) is 87.7 Å². The normalized spacial score (nSPS) is 15.5. The van der Waals surface area contributed by atoms with E-state index in [9.17, 15) is 9.59 Å². The lowest BCUT2D eigenvalue weighted by Crippen LogP contribution is -2.37. The number of urea groups is 1. The number of aliphatic carboxylic acids is 1. The van der Waals surface area contributed by atoms with E-state index in [1.807, 2.05) is 6.92 Å². The minimum atomic E-state index is -0.767. The zero-order valence-electron chi connectivity index (χ0n) is 12.9. The maximum absolute atomic E-state index is 11.5. The number of rotatable bonds is 12. The molecule has 21 heavy (non-hydrogen) atoms. The maximum atomic E-state index is 11.5. The molecule has 1 aliphatic rings. The molecule has 0 spiro atoms. The fourth-order valence-electron chi connectivity index (χ4n) is 1.92. The Labute approximate surface area is 126 Å². The Kier molecular flexibility index (Phi) is 8.82. The molecule has 6 nitrogen and oxygen atoms in total. The van der Waals surface area contributed by atoms with E-state index in [0.717, 1.165) is 25.4 Å². The molecule has 0 heterocycles. The Hall–Kier alpha value is -1.30. The van der Waals surface area contributed by atoms with Gasteiger partial charge in [0.2, 0.25) is 0 Å². The van der Waals surface area contributed by atoms with Gasteiger partial charge in [-0.05, 0) is 43.9 Å². The summed E-state index contributed by atoms with van der Waals surface area (Å²) in [5.41, 5.74) is 0. The van der Waals surface area contributed by atoms with E-state index in [-0.39, 0.29) is 12.5 Å². The molecule has 1 atom stereocenters. The minimum Gasteiger partial charge on any atom is -0.481 e. The van der Waals surface area contributed by atoms with Gasteiger partial charge in [-0.2, -0.15) is 0 Å². The second-order valence-electron chi connectivity index (χ2n) is 5.88. The monoisotopic (exact) mass is 300 g/mol. The fraction of sp³-hybridized carbons (Fsp3) is 0.867. The first-order valence-electron chi connectivity index (χ1n) is 7.89. The van der Waals surface area contributed by atoms with Gasteiger partial charge in [-0.1, -0.05) is 6.92 Å². The summed E-state index contributed by atoms with van der Waals surface area (Å²) in [5, 5.41) is 14.1. The van der Waals surface area contributed by atoms with Gasteiger partial charge < -0.3 is 20.5 Å². The van der Waals surface area contributed by atoms with Crippen molar-refractivity contribution in [3.8, 4) is 0 Å². The van der Waals surface area contributed by atoms with Crippen molar-refractivity contribution in [2.45, 2.75) is 45.4 Å². The zero-order chi connectivity index (χ0) is 15.5. The molecule has 0 aromatic carbocycles. The average Bonchev–Trinajstić information content (AvgIpc) is 3.24. The summed E-state index contributed by atoms with van der Waals surface area (Å²) in [7, 11) is 0. The first kappa shape index (κ1) is 17.8. The lowest BCUT2D eigenvalue weighted by molar-refractivity contribution is -0.137. The Morgan fingerprint density at radius 2 is 1.95 bits per heavy atom. The molecule has 0 aromatic heterocycles. The second-order valence-corrected chi connectivity index (χ2v) is 5.88. The molecule has 1 aliphatic carbocycles. The Morgan fingerprint density at radius 3 is 2.62 bits per heavy atom. The van der Waals surface area contributed by atoms with Gasteiger partial charge in [-0.15, -0.1) is 0 Å². The summed E-state index contributed by atoms with van der Waals surface area (Å²) in [6.45, 7) is 4.75. The van der Waals surface area contributed by atoms with Gasteiger partial charge in [0.1, 0.15) is 0 Å². The highest BCUT2D eigenvalue weighted by Crippen LogP contribution is 2.28. The van der Waals surface area contributed by atoms with Gasteiger partial charge in [-0.25, -0.2) is 4.79 Å². The molecule has 122 valence electrons. The molecule has 0 aromatic rings. The van der Waals surface area contributed by atoms with Crippen molar-refractivity contribution in [1.29, 1.82) is 0 Å². The Balaban J connectivity index is 1.84. The molecular formula is C15H28N2O4. The Morgan fingerprint density at radius 1 is 1.24 bits per heavy atom. The number of hydrogen-bond acceptors (Lipinski definition) is 3. The number of ether oxygens (including phenoxy) is 1. The molecular weight excluding hydrogens is 272 g/mol. The van der Waals surface area contributed by atoms with Crippen molar-refractivity contribution in [2.24, 2.45) is 11.8 Å². The van der Waals surface area contributed by atoms with Crippen LogP contribution < -0.4 is 10.6 Å². The van der Waals surface area contributed by atoms with Crippen molar-refractivity contribution >= 4 is 12.0 Å². The standard InChI is InChI=1S/C15H28N2O4/c1-12(3-6-14(18)19)7-9-17-15(20)16-8-2-10-21-11-13-4-5-13/h12-13H,2-11H2,1H3,(H,18,19)(H2,16,17,20). The van der Waals surface area contributed by atoms with Crippen molar-refractivity contribution in [1.82, 2.24) is 10.6 Å². The minimum absolute atomic E-state index is 0.164. The number of hydrogen-bond donors (Lipinski definition) is 3. The molecule has 1 rings (SSSR count). The molecule has 0 bridgehead atoms. The van der Waals surface area contributed by atoms with Crippen LogP contribution in [0.5, 0.6) is 0 Å². The van der Waals surface area contributed by atoms with Crippen molar-refractivity contribution in [2.75, 3.05) is 26.3 Å². The first-order chi connectivity index (χ1) is 10.1. The molecule has 6 heteroatoms. The molecule has 0 radical (unpaired) electrons. The van der Waals surface area contributed by atoms with Crippen LogP contribution in [0.25, 0.3) is 0 Å². The van der Waals surface area contributed by atoms with Gasteiger partial charge in [0.05, 0.1) is 0 Å². The predicted molar refractivity (Wildman–Crippen MR) is 80.2 cm³/mol. The Bertz CT molecular complexity index is 319. The van der Waals surface area contributed by atoms with E-state index in [1.54, 1.807) is 0 Å². The second kappa shape index (κ2) is 10.4. The lowest BCUT2D eigenvalue weighted by Gasteiger charge is -2.11. The van der Waals surface area contributed by atoms with Gasteiger partial charge in [0.25, 0.3) is 0 Å². The largest absolute Gasteiger partial charge is 0.481 e. The fourth-order valence-corrected chi connectivity index (χ4v) is 1.92. The van der Waals surface area contributed by atoms with Crippen LogP contribution in [-0.4, -0.2) is 43.4 Å². The lowest BCUT2D eigenvalue weighted by atomic mass is 10.0. The first-order valence-corrected chi connectivity index (χ1v) is 7.89. The predicted octanol–water partition coefficient (Wildman–Crippen LogP) is 1.99. The number of amides is 2. The number of nitrogens with one attached hydrogen (secondary N) is 2. The maximum Gasteiger partial charge on any atom is 0.314 e. The molecule has 1 fully saturated rings. The highest BCUT2D eigenvalue weighted by molar-refractivity contribution is 5.73. The SMILES string of the molecule is CC(CCNC(=O)NCCCOCC1CC1)CCC(=O)O. The number of carboxylic acids is 1.